The number of carbonyl (C=O) groups excluding carboxylic acids is 1. The van der Waals surface area contributed by atoms with E-state index in [1.807, 2.05) is 6.92 Å². The molecule has 5 heteroatoms. The molecule has 0 N–H and O–H groups in total. The average molecular weight is 265 g/mol. The number of nitrogens with zero attached hydrogens (tertiary/aromatic N) is 1. The predicted molar refractivity (Wildman–Crippen MR) is 63.3 cm³/mol. The zero-order chi connectivity index (χ0) is 14.0. The molecule has 0 aliphatic carbocycles. The van der Waals surface area contributed by atoms with Crippen LogP contribution in [0, 0.1) is 23.0 Å². The van der Waals surface area contributed by atoms with Crippen LogP contribution in [0.3, 0.4) is 0 Å². The number of hydrogen-bond donors (Lipinski definition) is 0. The summed E-state index contributed by atoms with van der Waals surface area (Å²) in [4.78, 5) is 12.2. The number of ether oxygens (including phenoxy) is 1. The molecule has 1 saturated heterocycles. The molecule has 1 aromatic rings. The van der Waals surface area contributed by atoms with Crippen LogP contribution in [0.1, 0.15) is 31.2 Å². The molecule has 0 amide bonds. The van der Waals surface area contributed by atoms with Gasteiger partial charge in [0.15, 0.2) is 5.78 Å². The number of benzene rings is 1. The van der Waals surface area contributed by atoms with Gasteiger partial charge >= 0.3 is 0 Å². The Morgan fingerprint density at radius 3 is 2.47 bits per heavy atom. The van der Waals surface area contributed by atoms with E-state index in [1.54, 1.807) is 6.07 Å². The molecule has 3 atom stereocenters. The Balaban J connectivity index is 2.25. The number of nitriles is 1. The highest BCUT2D eigenvalue weighted by Gasteiger charge is 2.34. The van der Waals surface area contributed by atoms with Gasteiger partial charge < -0.3 is 4.74 Å². The molecule has 1 aliphatic rings. The minimum atomic E-state index is -1.19. The summed E-state index contributed by atoms with van der Waals surface area (Å²) in [5.74, 6) is -3.23. The first-order valence-corrected chi connectivity index (χ1v) is 6.06. The Hall–Kier alpha value is -1.80. The number of halogens is 2. The highest BCUT2D eigenvalue weighted by Crippen LogP contribution is 2.27. The van der Waals surface area contributed by atoms with Gasteiger partial charge in [-0.2, -0.15) is 5.26 Å². The van der Waals surface area contributed by atoms with Crippen LogP contribution in [0.15, 0.2) is 18.2 Å². The second kappa shape index (κ2) is 5.45. The maximum absolute atomic E-state index is 13.1. The number of Topliss-reactive ketones (excluding diaryl/α,β-unsaturated/α-hetero) is 1. The zero-order valence-electron chi connectivity index (χ0n) is 10.4. The van der Waals surface area contributed by atoms with Gasteiger partial charge in [-0.1, -0.05) is 0 Å². The van der Waals surface area contributed by atoms with Crippen LogP contribution in [0.4, 0.5) is 8.78 Å². The summed E-state index contributed by atoms with van der Waals surface area (Å²) in [5, 5.41) is 9.09. The Morgan fingerprint density at radius 2 is 2.00 bits per heavy atom. The summed E-state index contributed by atoms with van der Waals surface area (Å²) in [6, 6.07) is 4.52. The summed E-state index contributed by atoms with van der Waals surface area (Å²) in [6.45, 7) is 1.84. The summed E-state index contributed by atoms with van der Waals surface area (Å²) in [5.41, 5.74) is 0.0353. The maximum atomic E-state index is 13.1. The molecule has 0 spiro atoms. The summed E-state index contributed by atoms with van der Waals surface area (Å²) >= 11 is 0. The average Bonchev–Trinajstić information content (AvgIpc) is 2.75. The summed E-state index contributed by atoms with van der Waals surface area (Å²) < 4.78 is 31.7. The fraction of sp³-hybridized carbons (Fsp3) is 0.429. The first-order chi connectivity index (χ1) is 9.01. The topological polar surface area (TPSA) is 50.1 Å². The fourth-order valence-corrected chi connectivity index (χ4v) is 2.24. The van der Waals surface area contributed by atoms with E-state index in [9.17, 15) is 13.6 Å². The fourth-order valence-electron chi connectivity index (χ4n) is 2.24. The van der Waals surface area contributed by atoms with Gasteiger partial charge in [0.2, 0.25) is 0 Å². The quantitative estimate of drug-likeness (QED) is 0.844. The molecule has 19 heavy (non-hydrogen) atoms. The Labute approximate surface area is 109 Å². The lowest BCUT2D eigenvalue weighted by Gasteiger charge is -2.14. The zero-order valence-corrected chi connectivity index (χ0v) is 10.4. The normalized spacial score (nSPS) is 23.9. The molecule has 0 radical (unpaired) electrons. The lowest BCUT2D eigenvalue weighted by atomic mass is 9.92. The molecular weight excluding hydrogens is 252 g/mol. The smallest absolute Gasteiger partial charge is 0.183 e. The molecule has 1 heterocycles. The van der Waals surface area contributed by atoms with Crippen molar-refractivity contribution in [1.29, 1.82) is 5.26 Å². The van der Waals surface area contributed by atoms with Crippen LogP contribution in [0.2, 0.25) is 0 Å². The van der Waals surface area contributed by atoms with Crippen molar-refractivity contribution >= 4 is 5.78 Å². The maximum Gasteiger partial charge on any atom is 0.183 e. The minimum absolute atomic E-state index is 0.0301. The molecule has 0 aromatic heterocycles. The number of carbonyl (C=O) groups is 1. The molecule has 1 aliphatic heterocycles. The van der Waals surface area contributed by atoms with E-state index in [1.165, 1.54) is 0 Å². The highest BCUT2D eigenvalue weighted by atomic mass is 19.1. The third-order valence-corrected chi connectivity index (χ3v) is 3.18. The van der Waals surface area contributed by atoms with Crippen molar-refractivity contribution in [1.82, 2.24) is 0 Å². The third kappa shape index (κ3) is 2.96. The van der Waals surface area contributed by atoms with Gasteiger partial charge in [0.25, 0.3) is 0 Å². The Bertz CT molecular complexity index is 518. The third-order valence-electron chi connectivity index (χ3n) is 3.18. The number of hydrogen-bond acceptors (Lipinski definition) is 3. The first kappa shape index (κ1) is 13.6. The SMILES string of the molecule is CC1CCC(C(=O)C(C#N)c2cc(F)cc(F)c2)O1. The van der Waals surface area contributed by atoms with Gasteiger partial charge in [-0.25, -0.2) is 8.78 Å². The van der Waals surface area contributed by atoms with Crippen molar-refractivity contribution in [3.8, 4) is 6.07 Å². The van der Waals surface area contributed by atoms with Gasteiger partial charge in [0.1, 0.15) is 23.7 Å². The van der Waals surface area contributed by atoms with Gasteiger partial charge in [-0.3, -0.25) is 4.79 Å². The van der Waals surface area contributed by atoms with E-state index in [2.05, 4.69) is 0 Å². The molecule has 0 saturated carbocycles. The Morgan fingerprint density at radius 1 is 1.37 bits per heavy atom. The number of rotatable bonds is 3. The van der Waals surface area contributed by atoms with Crippen LogP contribution in [-0.2, 0) is 9.53 Å². The van der Waals surface area contributed by atoms with E-state index in [-0.39, 0.29) is 11.7 Å². The van der Waals surface area contributed by atoms with Crippen LogP contribution in [0.5, 0.6) is 0 Å². The Kier molecular flexibility index (Phi) is 3.91. The molecule has 3 nitrogen and oxygen atoms in total. The molecule has 1 fully saturated rings. The molecule has 3 unspecified atom stereocenters. The van der Waals surface area contributed by atoms with Gasteiger partial charge in [-0.05, 0) is 37.5 Å². The van der Waals surface area contributed by atoms with Crippen molar-refractivity contribution < 1.29 is 18.3 Å². The van der Waals surface area contributed by atoms with Crippen molar-refractivity contribution in [3.63, 3.8) is 0 Å². The molecule has 0 bridgehead atoms. The standard InChI is InChI=1S/C14H13F2NO2/c1-8-2-3-13(19-8)14(18)12(7-17)9-4-10(15)6-11(16)5-9/h4-6,8,12-13H,2-3H2,1H3. The lowest BCUT2D eigenvalue weighted by Crippen LogP contribution is -2.26. The minimum Gasteiger partial charge on any atom is -0.367 e. The van der Waals surface area contributed by atoms with Crippen molar-refractivity contribution in [3.05, 3.63) is 35.4 Å². The molecular formula is C14H13F2NO2. The van der Waals surface area contributed by atoms with Crippen molar-refractivity contribution in [2.75, 3.05) is 0 Å². The van der Waals surface area contributed by atoms with E-state index >= 15 is 0 Å². The second-order valence-corrected chi connectivity index (χ2v) is 4.68. The van der Waals surface area contributed by atoms with Crippen LogP contribution in [-0.4, -0.2) is 18.0 Å². The van der Waals surface area contributed by atoms with Crippen molar-refractivity contribution in [2.24, 2.45) is 0 Å². The summed E-state index contributed by atoms with van der Waals surface area (Å²) in [7, 11) is 0. The van der Waals surface area contributed by atoms with E-state index in [0.717, 1.165) is 18.6 Å². The first-order valence-electron chi connectivity index (χ1n) is 6.06. The highest BCUT2D eigenvalue weighted by molar-refractivity contribution is 5.92. The summed E-state index contributed by atoms with van der Waals surface area (Å²) in [6.07, 6.45) is 0.589. The van der Waals surface area contributed by atoms with Gasteiger partial charge in [0, 0.05) is 6.07 Å². The van der Waals surface area contributed by atoms with Crippen LogP contribution >= 0.6 is 0 Å². The molecule has 1 aromatic carbocycles. The molecule has 100 valence electrons. The van der Waals surface area contributed by atoms with Crippen LogP contribution in [0.25, 0.3) is 0 Å². The largest absolute Gasteiger partial charge is 0.367 e. The van der Waals surface area contributed by atoms with Crippen LogP contribution < -0.4 is 0 Å². The van der Waals surface area contributed by atoms with Gasteiger partial charge in [0.05, 0.1) is 12.2 Å². The molecule has 2 rings (SSSR count). The van der Waals surface area contributed by atoms with E-state index in [4.69, 9.17) is 10.00 Å². The van der Waals surface area contributed by atoms with Gasteiger partial charge in [-0.15, -0.1) is 0 Å². The monoisotopic (exact) mass is 265 g/mol. The van der Waals surface area contributed by atoms with E-state index < -0.39 is 29.4 Å². The van der Waals surface area contributed by atoms with Crippen molar-refractivity contribution in [2.45, 2.75) is 37.9 Å². The lowest BCUT2D eigenvalue weighted by molar-refractivity contribution is -0.129. The number of ketones is 1. The van der Waals surface area contributed by atoms with E-state index in [0.29, 0.717) is 12.5 Å². The predicted octanol–water partition coefficient (Wildman–Crippen LogP) is 2.71. The second-order valence-electron chi connectivity index (χ2n) is 4.68.